The number of hydrogen-bond acceptors (Lipinski definition) is 4. The molecule has 3 aromatic rings. The molecule has 0 radical (unpaired) electrons. The van der Waals surface area contributed by atoms with E-state index in [2.05, 4.69) is 27.9 Å². The number of aryl methyl sites for hydroxylation is 1. The lowest BCUT2D eigenvalue weighted by atomic mass is 9.98. The Balaban J connectivity index is 1.69. The normalized spacial score (nSPS) is 10.3. The number of hydrogen-bond donors (Lipinski definition) is 1. The molecule has 0 aliphatic heterocycles. The van der Waals surface area contributed by atoms with E-state index < -0.39 is 18.5 Å². The van der Waals surface area contributed by atoms with Gasteiger partial charge < -0.3 is 10.1 Å². The van der Waals surface area contributed by atoms with Gasteiger partial charge in [-0.2, -0.15) is 0 Å². The van der Waals surface area contributed by atoms with Gasteiger partial charge in [-0.3, -0.25) is 9.59 Å². The van der Waals surface area contributed by atoms with Crippen molar-refractivity contribution in [1.82, 2.24) is 0 Å². The quantitative estimate of drug-likeness (QED) is 0.305. The Morgan fingerprint density at radius 2 is 1.59 bits per heavy atom. The molecule has 0 heterocycles. The van der Waals surface area contributed by atoms with E-state index in [1.54, 1.807) is 42.5 Å². The fourth-order valence-corrected chi connectivity index (χ4v) is 3.23. The molecule has 0 saturated carbocycles. The molecule has 0 unspecified atom stereocenters. The van der Waals surface area contributed by atoms with Crippen LogP contribution in [0.15, 0.2) is 72.8 Å². The Morgan fingerprint density at radius 3 is 2.28 bits per heavy atom. The first-order valence-corrected chi connectivity index (χ1v) is 9.95. The average molecular weight is 499 g/mol. The maximum absolute atomic E-state index is 12.8. The molecule has 0 spiro atoms. The van der Waals surface area contributed by atoms with Gasteiger partial charge in [-0.1, -0.05) is 54.1 Å². The van der Waals surface area contributed by atoms with Crippen LogP contribution in [0, 0.1) is 10.5 Å². The van der Waals surface area contributed by atoms with Gasteiger partial charge in [-0.25, -0.2) is 4.79 Å². The number of nitrogens with one attached hydrogen (secondary N) is 1. The van der Waals surface area contributed by atoms with Crippen molar-refractivity contribution in [3.05, 3.63) is 98.6 Å². The molecule has 0 aliphatic rings. The summed E-state index contributed by atoms with van der Waals surface area (Å²) in [5.74, 6) is -1.46. The smallest absolute Gasteiger partial charge is 0.339 e. The van der Waals surface area contributed by atoms with Gasteiger partial charge in [0.1, 0.15) is 0 Å². The van der Waals surface area contributed by atoms with Crippen molar-refractivity contribution in [2.75, 3.05) is 11.9 Å². The third-order valence-electron chi connectivity index (χ3n) is 4.15. The number of halogens is 1. The standard InChI is InChI=1S/C23H18INO4/c1-15-9-11-16(12-10-15)22(27)19-7-2-3-8-20(19)23(28)29-14-21(26)25-18-6-4-5-17(24)13-18/h2-13H,14H2,1H3,(H,25,26). The molecule has 1 N–H and O–H groups in total. The summed E-state index contributed by atoms with van der Waals surface area (Å²) < 4.78 is 6.11. The van der Waals surface area contributed by atoms with Gasteiger partial charge in [0, 0.05) is 20.4 Å². The van der Waals surface area contributed by atoms with E-state index in [0.717, 1.165) is 9.13 Å². The second-order valence-corrected chi connectivity index (χ2v) is 7.62. The van der Waals surface area contributed by atoms with Crippen LogP contribution in [0.4, 0.5) is 5.69 Å². The second-order valence-electron chi connectivity index (χ2n) is 6.38. The molecule has 6 heteroatoms. The van der Waals surface area contributed by atoms with Crippen LogP contribution < -0.4 is 5.32 Å². The number of benzene rings is 3. The predicted molar refractivity (Wildman–Crippen MR) is 119 cm³/mol. The highest BCUT2D eigenvalue weighted by atomic mass is 127. The number of rotatable bonds is 6. The van der Waals surface area contributed by atoms with Crippen LogP contribution in [0.25, 0.3) is 0 Å². The molecule has 3 aromatic carbocycles. The van der Waals surface area contributed by atoms with Crippen LogP contribution in [-0.2, 0) is 9.53 Å². The summed E-state index contributed by atoms with van der Waals surface area (Å²) in [4.78, 5) is 37.4. The Bertz CT molecular complexity index is 1060. The highest BCUT2D eigenvalue weighted by Crippen LogP contribution is 2.17. The van der Waals surface area contributed by atoms with E-state index >= 15 is 0 Å². The zero-order chi connectivity index (χ0) is 20.8. The fourth-order valence-electron chi connectivity index (χ4n) is 2.69. The molecule has 3 rings (SSSR count). The van der Waals surface area contributed by atoms with Crippen molar-refractivity contribution in [3.8, 4) is 0 Å². The van der Waals surface area contributed by atoms with Crippen molar-refractivity contribution >= 4 is 45.9 Å². The highest BCUT2D eigenvalue weighted by Gasteiger charge is 2.20. The molecule has 0 saturated heterocycles. The Labute approximate surface area is 182 Å². The number of ether oxygens (including phenoxy) is 1. The SMILES string of the molecule is Cc1ccc(C(=O)c2ccccc2C(=O)OCC(=O)Nc2cccc(I)c2)cc1. The average Bonchev–Trinajstić information content (AvgIpc) is 2.72. The third-order valence-corrected chi connectivity index (χ3v) is 4.82. The minimum Gasteiger partial charge on any atom is -0.452 e. The molecule has 0 fully saturated rings. The molecule has 0 bridgehead atoms. The first kappa shape index (κ1) is 20.7. The van der Waals surface area contributed by atoms with E-state index in [0.29, 0.717) is 11.3 Å². The van der Waals surface area contributed by atoms with Gasteiger partial charge in [0.05, 0.1) is 5.56 Å². The zero-order valence-corrected chi connectivity index (χ0v) is 17.8. The third kappa shape index (κ3) is 5.51. The van der Waals surface area contributed by atoms with Gasteiger partial charge in [0.25, 0.3) is 5.91 Å². The number of carbonyl (C=O) groups is 3. The summed E-state index contributed by atoms with van der Waals surface area (Å²) in [6.07, 6.45) is 0. The van der Waals surface area contributed by atoms with Gasteiger partial charge in [0.15, 0.2) is 12.4 Å². The lowest BCUT2D eigenvalue weighted by Gasteiger charge is -2.10. The molecular formula is C23H18INO4. The maximum Gasteiger partial charge on any atom is 0.339 e. The number of esters is 1. The Morgan fingerprint density at radius 1 is 0.897 bits per heavy atom. The largest absolute Gasteiger partial charge is 0.452 e. The summed E-state index contributed by atoms with van der Waals surface area (Å²) in [6.45, 7) is 1.48. The van der Waals surface area contributed by atoms with Crippen molar-refractivity contribution in [2.45, 2.75) is 6.92 Å². The summed E-state index contributed by atoms with van der Waals surface area (Å²) >= 11 is 2.14. The molecule has 0 aromatic heterocycles. The number of amides is 1. The summed E-state index contributed by atoms with van der Waals surface area (Å²) in [5.41, 5.74) is 2.49. The van der Waals surface area contributed by atoms with Crippen molar-refractivity contribution in [2.24, 2.45) is 0 Å². The van der Waals surface area contributed by atoms with Crippen LogP contribution in [0.3, 0.4) is 0 Å². The molecule has 146 valence electrons. The van der Waals surface area contributed by atoms with Crippen molar-refractivity contribution in [1.29, 1.82) is 0 Å². The predicted octanol–water partition coefficient (Wildman–Crippen LogP) is 4.63. The van der Waals surface area contributed by atoms with Crippen molar-refractivity contribution in [3.63, 3.8) is 0 Å². The topological polar surface area (TPSA) is 72.5 Å². The van der Waals surface area contributed by atoms with E-state index in [-0.39, 0.29) is 16.9 Å². The molecule has 1 amide bonds. The minimum atomic E-state index is -0.723. The number of carbonyl (C=O) groups excluding carboxylic acids is 3. The number of anilines is 1. The van der Waals surface area contributed by atoms with Crippen LogP contribution >= 0.6 is 22.6 Å². The minimum absolute atomic E-state index is 0.125. The summed E-state index contributed by atoms with van der Waals surface area (Å²) in [6, 6.07) is 20.8. The van der Waals surface area contributed by atoms with Gasteiger partial charge in [0.2, 0.25) is 0 Å². The summed E-state index contributed by atoms with van der Waals surface area (Å²) in [5, 5.41) is 2.67. The van der Waals surface area contributed by atoms with E-state index in [4.69, 9.17) is 4.74 Å². The van der Waals surface area contributed by atoms with Gasteiger partial charge in [-0.05, 0) is 53.8 Å². The Hall–Kier alpha value is -3.00. The van der Waals surface area contributed by atoms with Gasteiger partial charge in [-0.15, -0.1) is 0 Å². The molecule has 0 atom stereocenters. The fraction of sp³-hybridized carbons (Fsp3) is 0.0870. The van der Waals surface area contributed by atoms with E-state index in [1.165, 1.54) is 6.07 Å². The van der Waals surface area contributed by atoms with Crippen LogP contribution in [0.1, 0.15) is 31.8 Å². The monoisotopic (exact) mass is 499 g/mol. The molecule has 29 heavy (non-hydrogen) atoms. The second kappa shape index (κ2) is 9.47. The number of ketones is 1. The van der Waals surface area contributed by atoms with Crippen LogP contribution in [0.2, 0.25) is 0 Å². The van der Waals surface area contributed by atoms with Crippen molar-refractivity contribution < 1.29 is 19.1 Å². The summed E-state index contributed by atoms with van der Waals surface area (Å²) in [7, 11) is 0. The molecule has 0 aliphatic carbocycles. The van der Waals surface area contributed by atoms with Crippen LogP contribution in [0.5, 0.6) is 0 Å². The maximum atomic E-state index is 12.8. The lowest BCUT2D eigenvalue weighted by Crippen LogP contribution is -2.22. The van der Waals surface area contributed by atoms with Gasteiger partial charge >= 0.3 is 5.97 Å². The zero-order valence-electron chi connectivity index (χ0n) is 15.6. The first-order chi connectivity index (χ1) is 13.9. The van der Waals surface area contributed by atoms with E-state index in [1.807, 2.05) is 31.2 Å². The van der Waals surface area contributed by atoms with Crippen LogP contribution in [-0.4, -0.2) is 24.3 Å². The first-order valence-electron chi connectivity index (χ1n) is 8.87. The highest BCUT2D eigenvalue weighted by molar-refractivity contribution is 14.1. The van der Waals surface area contributed by atoms with E-state index in [9.17, 15) is 14.4 Å². The Kier molecular flexibility index (Phi) is 6.77. The molecular weight excluding hydrogens is 481 g/mol. The lowest BCUT2D eigenvalue weighted by molar-refractivity contribution is -0.119. The molecule has 5 nitrogen and oxygen atoms in total.